The highest BCUT2D eigenvalue weighted by atomic mass is 16.2. The Balaban J connectivity index is 1.72. The highest BCUT2D eigenvalue weighted by molar-refractivity contribution is 6.22. The van der Waals surface area contributed by atoms with E-state index in [4.69, 9.17) is 0 Å². The van der Waals surface area contributed by atoms with Crippen molar-refractivity contribution in [2.24, 2.45) is 0 Å². The van der Waals surface area contributed by atoms with Gasteiger partial charge in [-0.2, -0.15) is 0 Å². The molecule has 0 aliphatic carbocycles. The quantitative estimate of drug-likeness (QED) is 0.878. The summed E-state index contributed by atoms with van der Waals surface area (Å²) in [6, 6.07) is 13.5. The van der Waals surface area contributed by atoms with Crippen molar-refractivity contribution in [3.63, 3.8) is 0 Å². The Hall–Kier alpha value is -2.95. The van der Waals surface area contributed by atoms with Crippen molar-refractivity contribution in [2.45, 2.75) is 26.4 Å². The van der Waals surface area contributed by atoms with E-state index in [1.165, 1.54) is 0 Å². The summed E-state index contributed by atoms with van der Waals surface area (Å²) in [5, 5.41) is 2.80. The molecule has 5 heteroatoms. The van der Waals surface area contributed by atoms with Crippen molar-refractivity contribution in [3.8, 4) is 0 Å². The van der Waals surface area contributed by atoms with E-state index in [9.17, 15) is 14.4 Å². The first-order valence-corrected chi connectivity index (χ1v) is 7.80. The number of imide groups is 1. The second-order valence-corrected chi connectivity index (χ2v) is 5.85. The van der Waals surface area contributed by atoms with Gasteiger partial charge in [-0.15, -0.1) is 0 Å². The maximum Gasteiger partial charge on any atom is 0.262 e. The lowest BCUT2D eigenvalue weighted by Crippen LogP contribution is -2.47. The number of amides is 3. The molecule has 1 atom stereocenters. The van der Waals surface area contributed by atoms with Crippen LogP contribution in [0.4, 0.5) is 0 Å². The molecular formula is C19H18N2O3. The monoisotopic (exact) mass is 322 g/mol. The van der Waals surface area contributed by atoms with Crippen LogP contribution in [-0.4, -0.2) is 28.7 Å². The van der Waals surface area contributed by atoms with Crippen LogP contribution in [0.15, 0.2) is 48.5 Å². The smallest absolute Gasteiger partial charge is 0.262 e. The van der Waals surface area contributed by atoms with Gasteiger partial charge in [-0.05, 0) is 37.1 Å². The SMILES string of the molecule is Cc1ccccc1CNC(=O)C(C)N1C(=O)c2ccccc2C1=O. The Morgan fingerprint density at radius 2 is 1.54 bits per heavy atom. The predicted molar refractivity (Wildman–Crippen MR) is 89.4 cm³/mol. The van der Waals surface area contributed by atoms with Crippen molar-refractivity contribution in [1.29, 1.82) is 0 Å². The van der Waals surface area contributed by atoms with E-state index in [0.717, 1.165) is 16.0 Å². The Kier molecular flexibility index (Phi) is 4.16. The number of hydrogen-bond donors (Lipinski definition) is 1. The lowest BCUT2D eigenvalue weighted by atomic mass is 10.1. The number of rotatable bonds is 4. The normalized spacial score (nSPS) is 14.5. The summed E-state index contributed by atoms with van der Waals surface area (Å²) < 4.78 is 0. The second-order valence-electron chi connectivity index (χ2n) is 5.85. The van der Waals surface area contributed by atoms with Crippen molar-refractivity contribution in [3.05, 3.63) is 70.8 Å². The minimum absolute atomic E-state index is 0.348. The molecule has 3 rings (SSSR count). The Morgan fingerprint density at radius 3 is 2.12 bits per heavy atom. The van der Waals surface area contributed by atoms with Crippen LogP contribution in [0, 0.1) is 6.92 Å². The van der Waals surface area contributed by atoms with Crippen LogP contribution in [0.2, 0.25) is 0 Å². The Morgan fingerprint density at radius 1 is 1.00 bits per heavy atom. The third-order valence-electron chi connectivity index (χ3n) is 4.31. The molecule has 1 aliphatic heterocycles. The molecule has 1 N–H and O–H groups in total. The van der Waals surface area contributed by atoms with E-state index in [1.807, 2.05) is 31.2 Å². The molecule has 0 spiro atoms. The summed E-state index contributed by atoms with van der Waals surface area (Å²) >= 11 is 0. The van der Waals surface area contributed by atoms with Gasteiger partial charge in [-0.1, -0.05) is 36.4 Å². The molecule has 0 bridgehead atoms. The summed E-state index contributed by atoms with van der Waals surface area (Å²) in [5.74, 6) is -1.20. The van der Waals surface area contributed by atoms with Crippen LogP contribution in [0.25, 0.3) is 0 Å². The van der Waals surface area contributed by atoms with Gasteiger partial charge in [0.1, 0.15) is 6.04 Å². The van der Waals surface area contributed by atoms with Gasteiger partial charge in [0.25, 0.3) is 11.8 Å². The van der Waals surface area contributed by atoms with E-state index < -0.39 is 17.9 Å². The zero-order valence-electron chi connectivity index (χ0n) is 13.6. The molecular weight excluding hydrogens is 304 g/mol. The maximum atomic E-state index is 12.4. The number of carbonyl (C=O) groups excluding carboxylic acids is 3. The molecule has 5 nitrogen and oxygen atoms in total. The molecule has 24 heavy (non-hydrogen) atoms. The number of nitrogens with zero attached hydrogens (tertiary/aromatic N) is 1. The fourth-order valence-electron chi connectivity index (χ4n) is 2.82. The summed E-state index contributed by atoms with van der Waals surface area (Å²) in [7, 11) is 0. The van der Waals surface area contributed by atoms with Gasteiger partial charge in [0.05, 0.1) is 11.1 Å². The summed E-state index contributed by atoms with van der Waals surface area (Å²) in [5.41, 5.74) is 2.77. The average molecular weight is 322 g/mol. The van der Waals surface area contributed by atoms with Gasteiger partial charge < -0.3 is 5.32 Å². The molecule has 2 aromatic carbocycles. The number of benzene rings is 2. The first-order chi connectivity index (χ1) is 11.5. The first-order valence-electron chi connectivity index (χ1n) is 7.80. The summed E-state index contributed by atoms with van der Waals surface area (Å²) in [6.07, 6.45) is 0. The van der Waals surface area contributed by atoms with Crippen LogP contribution in [0.1, 0.15) is 38.8 Å². The van der Waals surface area contributed by atoms with Crippen molar-refractivity contribution in [2.75, 3.05) is 0 Å². The molecule has 1 aliphatic rings. The molecule has 0 saturated carbocycles. The minimum Gasteiger partial charge on any atom is -0.350 e. The average Bonchev–Trinajstić information content (AvgIpc) is 2.85. The van der Waals surface area contributed by atoms with Crippen LogP contribution in [0.3, 0.4) is 0 Å². The van der Waals surface area contributed by atoms with E-state index >= 15 is 0 Å². The van der Waals surface area contributed by atoms with E-state index in [1.54, 1.807) is 31.2 Å². The van der Waals surface area contributed by atoms with Crippen LogP contribution < -0.4 is 5.32 Å². The van der Waals surface area contributed by atoms with Crippen LogP contribution >= 0.6 is 0 Å². The number of nitrogens with one attached hydrogen (secondary N) is 1. The van der Waals surface area contributed by atoms with Crippen molar-refractivity contribution >= 4 is 17.7 Å². The fraction of sp³-hybridized carbons (Fsp3) is 0.211. The number of aryl methyl sites for hydroxylation is 1. The molecule has 0 aromatic heterocycles. The largest absolute Gasteiger partial charge is 0.350 e. The molecule has 0 fully saturated rings. The lowest BCUT2D eigenvalue weighted by Gasteiger charge is -2.22. The van der Waals surface area contributed by atoms with Gasteiger partial charge in [0, 0.05) is 6.54 Å². The molecule has 1 heterocycles. The standard InChI is InChI=1S/C19H18N2O3/c1-12-7-3-4-8-14(12)11-20-17(22)13(2)21-18(23)15-9-5-6-10-16(15)19(21)24/h3-10,13H,11H2,1-2H3,(H,20,22). The highest BCUT2D eigenvalue weighted by Crippen LogP contribution is 2.24. The maximum absolute atomic E-state index is 12.4. The third-order valence-corrected chi connectivity index (χ3v) is 4.31. The molecule has 3 amide bonds. The molecule has 0 radical (unpaired) electrons. The summed E-state index contributed by atoms with van der Waals surface area (Å²) in [6.45, 7) is 3.89. The van der Waals surface area contributed by atoms with Crippen LogP contribution in [-0.2, 0) is 11.3 Å². The van der Waals surface area contributed by atoms with E-state index in [2.05, 4.69) is 5.32 Å². The predicted octanol–water partition coefficient (Wildman–Crippen LogP) is 2.30. The van der Waals surface area contributed by atoms with E-state index in [-0.39, 0.29) is 5.91 Å². The second kappa shape index (κ2) is 6.28. The number of hydrogen-bond acceptors (Lipinski definition) is 3. The minimum atomic E-state index is -0.860. The van der Waals surface area contributed by atoms with Crippen molar-refractivity contribution < 1.29 is 14.4 Å². The molecule has 0 saturated heterocycles. The van der Waals surface area contributed by atoms with Crippen LogP contribution in [0.5, 0.6) is 0 Å². The highest BCUT2D eigenvalue weighted by Gasteiger charge is 2.40. The van der Waals surface area contributed by atoms with Gasteiger partial charge in [-0.25, -0.2) is 0 Å². The lowest BCUT2D eigenvalue weighted by molar-refractivity contribution is -0.124. The van der Waals surface area contributed by atoms with Crippen molar-refractivity contribution in [1.82, 2.24) is 10.2 Å². The number of fused-ring (bicyclic) bond motifs is 1. The fourth-order valence-corrected chi connectivity index (χ4v) is 2.82. The molecule has 1 unspecified atom stereocenters. The number of carbonyl (C=O) groups is 3. The van der Waals surface area contributed by atoms with Gasteiger partial charge in [-0.3, -0.25) is 19.3 Å². The van der Waals surface area contributed by atoms with Gasteiger partial charge in [0.2, 0.25) is 5.91 Å². The third kappa shape index (κ3) is 2.69. The molecule has 122 valence electrons. The van der Waals surface area contributed by atoms with E-state index in [0.29, 0.717) is 17.7 Å². The van der Waals surface area contributed by atoms with Gasteiger partial charge in [0.15, 0.2) is 0 Å². The Bertz CT molecular complexity index is 794. The first kappa shape index (κ1) is 15.9. The zero-order valence-corrected chi connectivity index (χ0v) is 13.6. The topological polar surface area (TPSA) is 66.5 Å². The zero-order chi connectivity index (χ0) is 17.3. The molecule has 2 aromatic rings. The Labute approximate surface area is 140 Å². The van der Waals surface area contributed by atoms with Gasteiger partial charge >= 0.3 is 0 Å². The summed E-state index contributed by atoms with van der Waals surface area (Å²) in [4.78, 5) is 38.2.